The minimum atomic E-state index is 0.598. The van der Waals surface area contributed by atoms with E-state index in [1.807, 2.05) is 0 Å². The molecular weight excluding hydrogens is 266 g/mol. The van der Waals surface area contributed by atoms with Gasteiger partial charge in [-0.2, -0.15) is 0 Å². The summed E-state index contributed by atoms with van der Waals surface area (Å²) >= 11 is 0. The van der Waals surface area contributed by atoms with Crippen LogP contribution in [0.2, 0.25) is 0 Å². The molecule has 0 amide bonds. The third-order valence-corrected chi connectivity index (χ3v) is 6.30. The molecule has 2 aliphatic rings. The van der Waals surface area contributed by atoms with Gasteiger partial charge in [-0.15, -0.1) is 0 Å². The highest BCUT2D eigenvalue weighted by Gasteiger charge is 2.50. The van der Waals surface area contributed by atoms with Gasteiger partial charge in [0.1, 0.15) is 0 Å². The lowest BCUT2D eigenvalue weighted by molar-refractivity contribution is 0.121. The Morgan fingerprint density at radius 2 is 2.00 bits per heavy atom. The summed E-state index contributed by atoms with van der Waals surface area (Å²) in [7, 11) is 0. The largest absolute Gasteiger partial charge is 0.385 e. The van der Waals surface area contributed by atoms with Crippen LogP contribution in [0.5, 0.6) is 0 Å². The lowest BCUT2D eigenvalue weighted by Gasteiger charge is -2.42. The Morgan fingerprint density at radius 3 is 2.68 bits per heavy atom. The van der Waals surface area contributed by atoms with Gasteiger partial charge in [-0.3, -0.25) is 0 Å². The van der Waals surface area contributed by atoms with Crippen LogP contribution >= 0.6 is 0 Å². The Bertz CT molecular complexity index is 408. The van der Waals surface area contributed by atoms with Gasteiger partial charge in [0.15, 0.2) is 0 Å². The van der Waals surface area contributed by atoms with Crippen LogP contribution in [-0.4, -0.2) is 6.04 Å². The smallest absolute Gasteiger partial charge is 0.0312 e. The van der Waals surface area contributed by atoms with E-state index in [1.54, 1.807) is 0 Å². The van der Waals surface area contributed by atoms with Crippen molar-refractivity contribution in [3.05, 3.63) is 24.4 Å². The first-order chi connectivity index (χ1) is 10.3. The molecule has 0 aliphatic heterocycles. The molecule has 126 valence electrons. The Balaban J connectivity index is 1.79. The summed E-state index contributed by atoms with van der Waals surface area (Å²) in [6, 6.07) is 0.648. The monoisotopic (exact) mass is 303 g/mol. The van der Waals surface area contributed by atoms with Crippen LogP contribution in [0.3, 0.4) is 0 Å². The van der Waals surface area contributed by atoms with Crippen molar-refractivity contribution in [1.82, 2.24) is 5.32 Å². The fourth-order valence-electron chi connectivity index (χ4n) is 4.84. The molecule has 2 saturated carbocycles. The molecule has 0 aromatic rings. The van der Waals surface area contributed by atoms with E-state index in [0.717, 1.165) is 30.1 Å². The molecule has 0 heterocycles. The fraction of sp³-hybridized carbons (Fsp3) is 0.810. The van der Waals surface area contributed by atoms with Gasteiger partial charge in [0.05, 0.1) is 0 Å². The normalized spacial score (nSPS) is 37.9. The molecule has 0 saturated heterocycles. The average molecular weight is 304 g/mol. The van der Waals surface area contributed by atoms with Gasteiger partial charge in [-0.05, 0) is 61.2 Å². The number of rotatable bonds is 7. The summed E-state index contributed by atoms with van der Waals surface area (Å²) in [5.74, 6) is 3.31. The van der Waals surface area contributed by atoms with Crippen molar-refractivity contribution in [2.24, 2.45) is 29.1 Å². The van der Waals surface area contributed by atoms with Gasteiger partial charge < -0.3 is 5.32 Å². The SMILES string of the molecule is C=C(C/C=C/CCC(C)C)NC1C(C)CC2(C)CC1CC2C. The molecular formula is C21H37N. The maximum atomic E-state index is 4.27. The van der Waals surface area contributed by atoms with Crippen LogP contribution in [-0.2, 0) is 0 Å². The summed E-state index contributed by atoms with van der Waals surface area (Å²) in [5, 5.41) is 3.79. The Hall–Kier alpha value is -0.720. The molecule has 0 spiro atoms. The van der Waals surface area contributed by atoms with Gasteiger partial charge in [0, 0.05) is 18.2 Å². The van der Waals surface area contributed by atoms with E-state index >= 15 is 0 Å². The third kappa shape index (κ3) is 4.18. The van der Waals surface area contributed by atoms with Crippen LogP contribution in [0.15, 0.2) is 24.4 Å². The van der Waals surface area contributed by atoms with Crippen LogP contribution in [0, 0.1) is 29.1 Å². The first-order valence-electron chi connectivity index (χ1n) is 9.41. The topological polar surface area (TPSA) is 12.0 Å². The molecule has 1 heteroatoms. The van der Waals surface area contributed by atoms with Crippen molar-refractivity contribution in [3.8, 4) is 0 Å². The second kappa shape index (κ2) is 7.23. The van der Waals surface area contributed by atoms with Crippen molar-refractivity contribution in [2.75, 3.05) is 0 Å². The second-order valence-corrected chi connectivity index (χ2v) is 8.86. The lowest BCUT2D eigenvalue weighted by atomic mass is 9.68. The number of hydrogen-bond donors (Lipinski definition) is 1. The Morgan fingerprint density at radius 1 is 1.27 bits per heavy atom. The standard InChI is InChI=1S/C21H37N/c1-15(2)10-8-7-9-11-18(5)22-20-16(3)13-21(6)14-19(20)12-17(21)4/h7,9,15-17,19-20,22H,5,8,10-14H2,1-4,6H3/b9-7+. The zero-order valence-corrected chi connectivity index (χ0v) is 15.5. The second-order valence-electron chi connectivity index (χ2n) is 8.86. The van der Waals surface area contributed by atoms with Crippen molar-refractivity contribution in [2.45, 2.75) is 79.2 Å². The molecule has 0 aromatic heterocycles. The quantitative estimate of drug-likeness (QED) is 0.574. The predicted octanol–water partition coefficient (Wildman–Crippen LogP) is 5.93. The van der Waals surface area contributed by atoms with Crippen molar-refractivity contribution in [3.63, 3.8) is 0 Å². The maximum Gasteiger partial charge on any atom is 0.0312 e. The average Bonchev–Trinajstić information content (AvgIpc) is 2.66. The van der Waals surface area contributed by atoms with E-state index in [9.17, 15) is 0 Å². The number of fused-ring (bicyclic) bond motifs is 2. The van der Waals surface area contributed by atoms with Gasteiger partial charge in [0.25, 0.3) is 0 Å². The van der Waals surface area contributed by atoms with E-state index in [0.29, 0.717) is 11.5 Å². The third-order valence-electron chi connectivity index (χ3n) is 6.30. The van der Waals surface area contributed by atoms with E-state index in [-0.39, 0.29) is 0 Å². The summed E-state index contributed by atoms with van der Waals surface area (Å²) in [6.45, 7) is 16.3. The summed E-state index contributed by atoms with van der Waals surface area (Å²) in [6.07, 6.45) is 12.3. The summed E-state index contributed by atoms with van der Waals surface area (Å²) in [4.78, 5) is 0. The predicted molar refractivity (Wildman–Crippen MR) is 97.7 cm³/mol. The fourth-order valence-corrected chi connectivity index (χ4v) is 4.84. The van der Waals surface area contributed by atoms with Crippen molar-refractivity contribution in [1.29, 1.82) is 0 Å². The number of hydrogen-bond acceptors (Lipinski definition) is 1. The van der Waals surface area contributed by atoms with E-state index in [1.165, 1.54) is 37.8 Å². The molecule has 5 atom stereocenters. The molecule has 22 heavy (non-hydrogen) atoms. The van der Waals surface area contributed by atoms with Crippen LogP contribution in [0.25, 0.3) is 0 Å². The Labute approximate surface area is 138 Å². The van der Waals surface area contributed by atoms with Gasteiger partial charge in [-0.1, -0.05) is 53.3 Å². The highest BCUT2D eigenvalue weighted by atomic mass is 15.0. The van der Waals surface area contributed by atoms with Crippen LogP contribution in [0.4, 0.5) is 0 Å². The van der Waals surface area contributed by atoms with Crippen LogP contribution in [0.1, 0.15) is 73.1 Å². The van der Waals surface area contributed by atoms with E-state index in [2.05, 4.69) is 58.7 Å². The Kier molecular flexibility index (Phi) is 5.80. The first-order valence-corrected chi connectivity index (χ1v) is 9.41. The molecule has 5 unspecified atom stereocenters. The summed E-state index contributed by atoms with van der Waals surface area (Å²) in [5.41, 5.74) is 1.81. The lowest BCUT2D eigenvalue weighted by Crippen LogP contribution is -2.44. The zero-order valence-electron chi connectivity index (χ0n) is 15.5. The number of allylic oxidation sites excluding steroid dienone is 2. The van der Waals surface area contributed by atoms with Crippen molar-refractivity contribution >= 4 is 0 Å². The zero-order chi connectivity index (χ0) is 16.3. The van der Waals surface area contributed by atoms with Gasteiger partial charge in [0.2, 0.25) is 0 Å². The molecule has 0 aromatic carbocycles. The van der Waals surface area contributed by atoms with Gasteiger partial charge in [-0.25, -0.2) is 0 Å². The van der Waals surface area contributed by atoms with Crippen molar-refractivity contribution < 1.29 is 0 Å². The minimum absolute atomic E-state index is 0.598. The molecule has 1 N–H and O–H groups in total. The first kappa shape index (κ1) is 17.6. The van der Waals surface area contributed by atoms with E-state index < -0.39 is 0 Å². The maximum absolute atomic E-state index is 4.27. The van der Waals surface area contributed by atoms with E-state index in [4.69, 9.17) is 0 Å². The molecule has 2 rings (SSSR count). The molecule has 1 nitrogen and oxygen atoms in total. The highest BCUT2D eigenvalue weighted by Crippen LogP contribution is 2.56. The van der Waals surface area contributed by atoms with Crippen LogP contribution < -0.4 is 5.32 Å². The summed E-state index contributed by atoms with van der Waals surface area (Å²) < 4.78 is 0. The molecule has 2 bridgehead atoms. The molecule has 2 aliphatic carbocycles. The minimum Gasteiger partial charge on any atom is -0.385 e. The molecule has 0 radical (unpaired) electrons. The highest BCUT2D eigenvalue weighted by molar-refractivity contribution is 5.08. The number of nitrogens with one attached hydrogen (secondary N) is 1. The van der Waals surface area contributed by atoms with Gasteiger partial charge >= 0.3 is 0 Å². The molecule has 2 fully saturated rings.